The number of nitrogen functional groups attached to an aromatic ring is 1. The van der Waals surface area contributed by atoms with Gasteiger partial charge in [-0.25, -0.2) is 0 Å². The van der Waals surface area contributed by atoms with Crippen LogP contribution in [0.15, 0.2) is 53.4 Å². The summed E-state index contributed by atoms with van der Waals surface area (Å²) in [5.74, 6) is 0. The van der Waals surface area contributed by atoms with E-state index in [0.29, 0.717) is 5.69 Å². The Bertz CT molecular complexity index is 619. The molecule has 0 aliphatic carbocycles. The molecule has 0 bridgehead atoms. The minimum absolute atomic E-state index is 0.336. The van der Waals surface area contributed by atoms with Crippen molar-refractivity contribution in [1.82, 2.24) is 0 Å². The Kier molecular flexibility index (Phi) is 2.85. The highest BCUT2D eigenvalue weighted by Crippen LogP contribution is 2.22. The molecule has 0 radical (unpaired) electrons. The van der Waals surface area contributed by atoms with Crippen molar-refractivity contribution in [2.24, 2.45) is 0 Å². The van der Waals surface area contributed by atoms with Crippen molar-refractivity contribution in [3.8, 4) is 11.1 Å². The second kappa shape index (κ2) is 4.18. The third-order valence-corrected chi connectivity index (χ3v) is 3.22. The molecule has 5 heteroatoms. The summed E-state index contributed by atoms with van der Waals surface area (Å²) < 4.78 is 33.9. The van der Waals surface area contributed by atoms with Crippen molar-refractivity contribution in [3.05, 3.63) is 48.5 Å². The molecule has 0 fully saturated rings. The third kappa shape index (κ3) is 2.62. The van der Waals surface area contributed by atoms with Gasteiger partial charge in [0.05, 0.1) is 4.90 Å². The molecule has 0 heterocycles. The lowest BCUT2D eigenvalue weighted by molar-refractivity contribution is 0.552. The van der Waals surface area contributed by atoms with Gasteiger partial charge in [0.25, 0.3) is 0 Å². The maximum absolute atomic E-state index is 12.7. The molecule has 2 aromatic rings. The highest BCUT2D eigenvalue weighted by atomic mass is 32.3. The van der Waals surface area contributed by atoms with Crippen molar-refractivity contribution in [3.63, 3.8) is 0 Å². The maximum Gasteiger partial charge on any atom is 0.332 e. The fourth-order valence-electron chi connectivity index (χ4n) is 1.49. The van der Waals surface area contributed by atoms with Crippen LogP contribution in [0.25, 0.3) is 11.1 Å². The smallest absolute Gasteiger partial charge is 0.332 e. The first kappa shape index (κ1) is 11.6. The van der Waals surface area contributed by atoms with Crippen LogP contribution in [-0.4, -0.2) is 8.42 Å². The topological polar surface area (TPSA) is 60.2 Å². The Labute approximate surface area is 98.9 Å². The summed E-state index contributed by atoms with van der Waals surface area (Å²) in [6.07, 6.45) is 0. The van der Waals surface area contributed by atoms with E-state index in [1.807, 2.05) is 12.1 Å². The minimum atomic E-state index is -4.63. The predicted molar refractivity (Wildman–Crippen MR) is 64.6 cm³/mol. The Balaban J connectivity index is 2.39. The molecule has 3 nitrogen and oxygen atoms in total. The van der Waals surface area contributed by atoms with E-state index >= 15 is 0 Å². The summed E-state index contributed by atoms with van der Waals surface area (Å²) in [5, 5.41) is 0. The molecule has 0 saturated carbocycles. The number of nitrogens with two attached hydrogens (primary N) is 1. The van der Waals surface area contributed by atoms with Crippen molar-refractivity contribution in [2.75, 3.05) is 5.73 Å². The van der Waals surface area contributed by atoms with E-state index in [-0.39, 0.29) is 4.90 Å². The number of anilines is 1. The van der Waals surface area contributed by atoms with Gasteiger partial charge in [-0.2, -0.15) is 8.42 Å². The van der Waals surface area contributed by atoms with Crippen LogP contribution >= 0.6 is 0 Å². The molecule has 2 N–H and O–H groups in total. The summed E-state index contributed by atoms with van der Waals surface area (Å²) in [4.78, 5) is -0.336. The fourth-order valence-corrected chi connectivity index (χ4v) is 1.95. The zero-order valence-corrected chi connectivity index (χ0v) is 9.62. The second-order valence-corrected chi connectivity index (χ2v) is 4.93. The van der Waals surface area contributed by atoms with Crippen molar-refractivity contribution < 1.29 is 12.3 Å². The third-order valence-electron chi connectivity index (χ3n) is 2.38. The quantitative estimate of drug-likeness (QED) is 0.659. The highest BCUT2D eigenvalue weighted by Gasteiger charge is 2.10. The molecule has 0 unspecified atom stereocenters. The van der Waals surface area contributed by atoms with Gasteiger partial charge in [0, 0.05) is 5.69 Å². The lowest BCUT2D eigenvalue weighted by Gasteiger charge is -2.02. The van der Waals surface area contributed by atoms with Crippen molar-refractivity contribution in [1.29, 1.82) is 0 Å². The molecule has 0 saturated heterocycles. The largest absolute Gasteiger partial charge is 0.399 e. The van der Waals surface area contributed by atoms with Gasteiger partial charge in [0.1, 0.15) is 0 Å². The van der Waals surface area contributed by atoms with Crippen LogP contribution in [0.5, 0.6) is 0 Å². The molecule has 88 valence electrons. The van der Waals surface area contributed by atoms with Gasteiger partial charge in [0.15, 0.2) is 0 Å². The van der Waals surface area contributed by atoms with Gasteiger partial charge in [-0.15, -0.1) is 3.89 Å². The molecule has 0 aliphatic heterocycles. The first-order valence-electron chi connectivity index (χ1n) is 4.87. The Morgan fingerprint density at radius 2 is 1.24 bits per heavy atom. The average molecular weight is 251 g/mol. The zero-order valence-electron chi connectivity index (χ0n) is 8.80. The summed E-state index contributed by atoms with van der Waals surface area (Å²) >= 11 is 0. The first-order chi connectivity index (χ1) is 7.97. The molecule has 17 heavy (non-hydrogen) atoms. The molecule has 2 aromatic carbocycles. The molecule has 0 spiro atoms. The first-order valence-corrected chi connectivity index (χ1v) is 6.26. The predicted octanol–water partition coefficient (Wildman–Crippen LogP) is 2.59. The molecule has 0 atom stereocenters. The maximum atomic E-state index is 12.7. The summed E-state index contributed by atoms with van der Waals surface area (Å²) in [6.45, 7) is 0. The van der Waals surface area contributed by atoms with E-state index in [2.05, 4.69) is 0 Å². The SMILES string of the molecule is Nc1ccc(-c2ccc(S(=O)(=O)F)cc2)cc1. The van der Waals surface area contributed by atoms with Crippen LogP contribution in [0.3, 0.4) is 0 Å². The zero-order chi connectivity index (χ0) is 12.5. The van der Waals surface area contributed by atoms with Crippen LogP contribution < -0.4 is 5.73 Å². The number of halogens is 1. The molecular weight excluding hydrogens is 241 g/mol. The van der Waals surface area contributed by atoms with Gasteiger partial charge in [-0.1, -0.05) is 24.3 Å². The van der Waals surface area contributed by atoms with Crippen LogP contribution in [-0.2, 0) is 10.2 Å². The Morgan fingerprint density at radius 3 is 1.65 bits per heavy atom. The summed E-state index contributed by atoms with van der Waals surface area (Å²) in [6, 6.07) is 12.7. The Morgan fingerprint density at radius 1 is 0.824 bits per heavy atom. The van der Waals surface area contributed by atoms with Gasteiger partial charge < -0.3 is 5.73 Å². The highest BCUT2D eigenvalue weighted by molar-refractivity contribution is 7.86. The van der Waals surface area contributed by atoms with Gasteiger partial charge in [-0.3, -0.25) is 0 Å². The van der Waals surface area contributed by atoms with Crippen LogP contribution in [0.2, 0.25) is 0 Å². The lowest BCUT2D eigenvalue weighted by atomic mass is 10.1. The fraction of sp³-hybridized carbons (Fsp3) is 0. The lowest BCUT2D eigenvalue weighted by Crippen LogP contribution is -1.91. The monoisotopic (exact) mass is 251 g/mol. The molecule has 0 aliphatic rings. The normalized spacial score (nSPS) is 11.4. The Hall–Kier alpha value is -1.88. The number of hydrogen-bond donors (Lipinski definition) is 1. The second-order valence-electron chi connectivity index (χ2n) is 3.58. The molecule has 2 rings (SSSR count). The summed E-state index contributed by atoms with van der Waals surface area (Å²) in [7, 11) is -4.63. The van der Waals surface area contributed by atoms with E-state index in [4.69, 9.17) is 5.73 Å². The van der Waals surface area contributed by atoms with Crippen molar-refractivity contribution in [2.45, 2.75) is 4.90 Å². The molecular formula is C12H10FNO2S. The van der Waals surface area contributed by atoms with Crippen molar-refractivity contribution >= 4 is 15.9 Å². The molecule has 0 amide bonds. The van der Waals surface area contributed by atoms with Gasteiger partial charge >= 0.3 is 10.2 Å². The average Bonchev–Trinajstić information content (AvgIpc) is 2.29. The standard InChI is InChI=1S/C12H10FNO2S/c13-17(15,16)12-7-3-10(4-8-12)9-1-5-11(14)6-2-9/h1-8H,14H2. The van der Waals surface area contributed by atoms with E-state index in [1.54, 1.807) is 24.3 Å². The minimum Gasteiger partial charge on any atom is -0.399 e. The molecule has 0 aromatic heterocycles. The van der Waals surface area contributed by atoms with Crippen LogP contribution in [0.4, 0.5) is 9.57 Å². The van der Waals surface area contributed by atoms with E-state index in [1.165, 1.54) is 12.1 Å². The van der Waals surface area contributed by atoms with Gasteiger partial charge in [0.2, 0.25) is 0 Å². The van der Waals surface area contributed by atoms with E-state index < -0.39 is 10.2 Å². The van der Waals surface area contributed by atoms with Gasteiger partial charge in [-0.05, 0) is 35.4 Å². The summed E-state index contributed by atoms with van der Waals surface area (Å²) in [5.41, 5.74) is 7.90. The van der Waals surface area contributed by atoms with E-state index in [0.717, 1.165) is 11.1 Å². The number of rotatable bonds is 2. The van der Waals surface area contributed by atoms with Crippen LogP contribution in [0, 0.1) is 0 Å². The van der Waals surface area contributed by atoms with E-state index in [9.17, 15) is 12.3 Å². The van der Waals surface area contributed by atoms with Crippen LogP contribution in [0.1, 0.15) is 0 Å². The number of benzene rings is 2. The number of hydrogen-bond acceptors (Lipinski definition) is 3.